The topological polar surface area (TPSA) is 66.4 Å². The van der Waals surface area contributed by atoms with E-state index in [1.54, 1.807) is 6.07 Å². The van der Waals surface area contributed by atoms with Crippen LogP contribution in [0.25, 0.3) is 0 Å². The fourth-order valence-electron chi connectivity index (χ4n) is 1.65. The molecule has 0 aliphatic heterocycles. The van der Waals surface area contributed by atoms with E-state index in [1.165, 1.54) is 12.1 Å². The van der Waals surface area contributed by atoms with Crippen molar-refractivity contribution in [3.8, 4) is 5.75 Å². The van der Waals surface area contributed by atoms with E-state index in [0.29, 0.717) is 18.5 Å². The highest BCUT2D eigenvalue weighted by Gasteiger charge is 2.11. The smallest absolute Gasteiger partial charge is 0.224 e. The first kappa shape index (κ1) is 14.2. The van der Waals surface area contributed by atoms with Gasteiger partial charge in [0.05, 0.1) is 5.56 Å². The van der Waals surface area contributed by atoms with Crippen molar-refractivity contribution >= 4 is 17.4 Å². The summed E-state index contributed by atoms with van der Waals surface area (Å²) in [6.45, 7) is 3.83. The molecule has 1 aromatic carbocycles. The van der Waals surface area contributed by atoms with Crippen LogP contribution in [0.1, 0.15) is 49.9 Å². The molecule has 4 nitrogen and oxygen atoms in total. The number of aromatic hydroxyl groups is 1. The third kappa shape index (κ3) is 3.87. The van der Waals surface area contributed by atoms with Crippen LogP contribution in [0.2, 0.25) is 0 Å². The number of hydrogen-bond acceptors (Lipinski definition) is 3. The predicted molar refractivity (Wildman–Crippen MR) is 70.9 cm³/mol. The molecule has 0 bridgehead atoms. The molecular weight excluding hydrogens is 230 g/mol. The summed E-state index contributed by atoms with van der Waals surface area (Å²) in [5, 5.41) is 12.3. The van der Waals surface area contributed by atoms with E-state index < -0.39 is 0 Å². The van der Waals surface area contributed by atoms with Gasteiger partial charge in [-0.2, -0.15) is 0 Å². The van der Waals surface area contributed by atoms with Crippen LogP contribution in [-0.2, 0) is 4.79 Å². The largest absolute Gasteiger partial charge is 0.507 e. The van der Waals surface area contributed by atoms with Crippen LogP contribution in [0, 0.1) is 0 Å². The molecule has 0 aliphatic carbocycles. The summed E-state index contributed by atoms with van der Waals surface area (Å²) in [7, 11) is 0. The summed E-state index contributed by atoms with van der Waals surface area (Å²) in [5.41, 5.74) is 0.817. The first-order valence-corrected chi connectivity index (χ1v) is 6.24. The number of amides is 1. The minimum absolute atomic E-state index is 0.0399. The van der Waals surface area contributed by atoms with Gasteiger partial charge in [-0.3, -0.25) is 9.59 Å². The Morgan fingerprint density at radius 1 is 1.17 bits per heavy atom. The molecule has 98 valence electrons. The Morgan fingerprint density at radius 2 is 1.83 bits per heavy atom. The Kier molecular flexibility index (Phi) is 5.36. The van der Waals surface area contributed by atoms with E-state index >= 15 is 0 Å². The van der Waals surface area contributed by atoms with Crippen LogP contribution < -0.4 is 5.32 Å². The summed E-state index contributed by atoms with van der Waals surface area (Å²) >= 11 is 0. The second-order valence-corrected chi connectivity index (χ2v) is 4.20. The molecule has 2 N–H and O–H groups in total. The number of carbonyl (C=O) groups excluding carboxylic acids is 2. The maximum Gasteiger partial charge on any atom is 0.224 e. The second-order valence-electron chi connectivity index (χ2n) is 4.20. The molecule has 0 fully saturated rings. The molecule has 0 radical (unpaired) electrons. The predicted octanol–water partition coefficient (Wildman–Crippen LogP) is 3.11. The molecular formula is C14H19NO3. The number of nitrogens with one attached hydrogen (secondary N) is 1. The van der Waals surface area contributed by atoms with E-state index in [-0.39, 0.29) is 23.0 Å². The van der Waals surface area contributed by atoms with Crippen LogP contribution >= 0.6 is 0 Å². The van der Waals surface area contributed by atoms with Crippen LogP contribution in [0.3, 0.4) is 0 Å². The first-order valence-electron chi connectivity index (χ1n) is 6.24. The number of hydrogen-bond donors (Lipinski definition) is 2. The van der Waals surface area contributed by atoms with E-state index in [1.807, 2.05) is 13.8 Å². The highest BCUT2D eigenvalue weighted by atomic mass is 16.3. The lowest BCUT2D eigenvalue weighted by molar-refractivity contribution is -0.116. The van der Waals surface area contributed by atoms with Crippen molar-refractivity contribution in [2.45, 2.75) is 39.5 Å². The summed E-state index contributed by atoms with van der Waals surface area (Å²) in [6, 6.07) is 4.55. The fraction of sp³-hybridized carbons (Fsp3) is 0.429. The van der Waals surface area contributed by atoms with Gasteiger partial charge in [-0.05, 0) is 31.0 Å². The van der Waals surface area contributed by atoms with Crippen molar-refractivity contribution in [1.29, 1.82) is 0 Å². The number of carbonyl (C=O) groups is 2. The van der Waals surface area contributed by atoms with Crippen molar-refractivity contribution in [2.24, 2.45) is 0 Å². The van der Waals surface area contributed by atoms with Gasteiger partial charge in [-0.1, -0.05) is 13.8 Å². The zero-order chi connectivity index (χ0) is 13.5. The quantitative estimate of drug-likeness (QED) is 0.601. The standard InChI is InChI=1S/C14H19NO3/c1-3-5-12(16)11-9-10(7-8-13(11)17)15-14(18)6-4-2/h7-9,17H,3-6H2,1-2H3,(H,15,18). The Morgan fingerprint density at radius 3 is 2.44 bits per heavy atom. The number of phenolic OH excluding ortho intramolecular Hbond substituents is 1. The lowest BCUT2D eigenvalue weighted by Gasteiger charge is -2.08. The Labute approximate surface area is 107 Å². The number of anilines is 1. The van der Waals surface area contributed by atoms with Gasteiger partial charge in [0.1, 0.15) is 5.75 Å². The Bertz CT molecular complexity index is 441. The van der Waals surface area contributed by atoms with Gasteiger partial charge >= 0.3 is 0 Å². The SMILES string of the molecule is CCCC(=O)Nc1ccc(O)c(C(=O)CCC)c1. The van der Waals surface area contributed by atoms with E-state index in [0.717, 1.165) is 12.8 Å². The van der Waals surface area contributed by atoms with Crippen LogP contribution in [0.4, 0.5) is 5.69 Å². The summed E-state index contributed by atoms with van der Waals surface area (Å²) < 4.78 is 0. The van der Waals surface area contributed by atoms with Crippen LogP contribution in [-0.4, -0.2) is 16.8 Å². The summed E-state index contributed by atoms with van der Waals surface area (Å²) in [4.78, 5) is 23.2. The number of rotatable bonds is 6. The van der Waals surface area contributed by atoms with E-state index in [4.69, 9.17) is 0 Å². The van der Waals surface area contributed by atoms with Crippen molar-refractivity contribution in [3.63, 3.8) is 0 Å². The van der Waals surface area contributed by atoms with Gasteiger partial charge in [0.15, 0.2) is 5.78 Å². The van der Waals surface area contributed by atoms with E-state index in [9.17, 15) is 14.7 Å². The van der Waals surface area contributed by atoms with Gasteiger partial charge in [0.2, 0.25) is 5.91 Å². The maximum atomic E-state index is 11.8. The van der Waals surface area contributed by atoms with Crippen LogP contribution in [0.15, 0.2) is 18.2 Å². The highest BCUT2D eigenvalue weighted by molar-refractivity contribution is 6.00. The van der Waals surface area contributed by atoms with Crippen molar-refractivity contribution in [1.82, 2.24) is 0 Å². The minimum atomic E-state index is -0.110. The molecule has 4 heteroatoms. The summed E-state index contributed by atoms with van der Waals surface area (Å²) in [6.07, 6.45) is 2.33. The molecule has 0 aromatic heterocycles. The lowest BCUT2D eigenvalue weighted by Crippen LogP contribution is -2.11. The van der Waals surface area contributed by atoms with Gasteiger partial charge in [-0.25, -0.2) is 0 Å². The van der Waals surface area contributed by atoms with Crippen LogP contribution in [0.5, 0.6) is 5.75 Å². The van der Waals surface area contributed by atoms with Gasteiger partial charge in [-0.15, -0.1) is 0 Å². The van der Waals surface area contributed by atoms with Crippen molar-refractivity contribution in [2.75, 3.05) is 5.32 Å². The average molecular weight is 249 g/mol. The summed E-state index contributed by atoms with van der Waals surface area (Å²) in [5.74, 6) is -0.236. The maximum absolute atomic E-state index is 11.8. The molecule has 0 saturated heterocycles. The Hall–Kier alpha value is -1.84. The van der Waals surface area contributed by atoms with Gasteiger partial charge in [0.25, 0.3) is 0 Å². The Balaban J connectivity index is 2.86. The molecule has 1 rings (SSSR count). The zero-order valence-electron chi connectivity index (χ0n) is 10.8. The lowest BCUT2D eigenvalue weighted by atomic mass is 10.1. The third-order valence-corrected chi connectivity index (χ3v) is 2.53. The number of Topliss-reactive ketones (excluding diaryl/α,β-unsaturated/α-hetero) is 1. The van der Waals surface area contributed by atoms with E-state index in [2.05, 4.69) is 5.32 Å². The molecule has 0 heterocycles. The molecule has 0 unspecified atom stereocenters. The molecule has 1 amide bonds. The monoisotopic (exact) mass is 249 g/mol. The van der Waals surface area contributed by atoms with Crippen molar-refractivity contribution in [3.05, 3.63) is 23.8 Å². The van der Waals surface area contributed by atoms with Gasteiger partial charge < -0.3 is 10.4 Å². The molecule has 0 saturated carbocycles. The number of phenols is 1. The molecule has 18 heavy (non-hydrogen) atoms. The number of ketones is 1. The fourth-order valence-corrected chi connectivity index (χ4v) is 1.65. The second kappa shape index (κ2) is 6.79. The third-order valence-electron chi connectivity index (χ3n) is 2.53. The highest BCUT2D eigenvalue weighted by Crippen LogP contribution is 2.23. The molecule has 1 aromatic rings. The normalized spacial score (nSPS) is 10.1. The minimum Gasteiger partial charge on any atom is -0.507 e. The molecule has 0 aliphatic rings. The molecule has 0 atom stereocenters. The first-order chi connectivity index (χ1) is 8.58. The number of benzene rings is 1. The molecule has 0 spiro atoms. The van der Waals surface area contributed by atoms with Gasteiger partial charge in [0, 0.05) is 18.5 Å². The van der Waals surface area contributed by atoms with Crippen molar-refractivity contribution < 1.29 is 14.7 Å². The average Bonchev–Trinajstić information content (AvgIpc) is 2.32. The zero-order valence-corrected chi connectivity index (χ0v) is 10.8.